The van der Waals surface area contributed by atoms with Crippen molar-refractivity contribution >= 4 is 5.97 Å². The molecule has 0 aromatic heterocycles. The fourth-order valence-electron chi connectivity index (χ4n) is 10.9. The predicted octanol–water partition coefficient (Wildman–Crippen LogP) is 6.20. The minimum atomic E-state index is -1.05. The third-order valence-electron chi connectivity index (χ3n) is 13.0. The zero-order valence-electron chi connectivity index (χ0n) is 22.4. The number of carbonyl (C=O) groups is 1. The second-order valence-electron chi connectivity index (χ2n) is 14.7. The zero-order chi connectivity index (χ0) is 24.9. The molecule has 0 aromatic rings. The highest BCUT2D eigenvalue weighted by molar-refractivity contribution is 5.76. The number of aliphatic hydroxyl groups is 2. The van der Waals surface area contributed by atoms with Gasteiger partial charge in [0.25, 0.3) is 0 Å². The number of fused-ring (bicyclic) bond motifs is 6. The van der Waals surface area contributed by atoms with Crippen LogP contribution in [0.4, 0.5) is 0 Å². The third-order valence-corrected chi connectivity index (χ3v) is 13.0. The Morgan fingerprint density at radius 3 is 2.12 bits per heavy atom. The van der Waals surface area contributed by atoms with E-state index in [0.29, 0.717) is 24.2 Å². The van der Waals surface area contributed by atoms with Crippen molar-refractivity contribution in [3.05, 3.63) is 11.6 Å². The van der Waals surface area contributed by atoms with Gasteiger partial charge in [-0.3, -0.25) is 4.79 Å². The molecule has 4 nitrogen and oxygen atoms in total. The maximum absolute atomic E-state index is 12.5. The molecule has 192 valence electrons. The van der Waals surface area contributed by atoms with Gasteiger partial charge in [-0.2, -0.15) is 0 Å². The molecule has 4 fully saturated rings. The van der Waals surface area contributed by atoms with Crippen LogP contribution in [0.2, 0.25) is 0 Å². The summed E-state index contributed by atoms with van der Waals surface area (Å²) < 4.78 is 0. The molecule has 0 saturated heterocycles. The highest BCUT2D eigenvalue weighted by Crippen LogP contribution is 2.70. The van der Waals surface area contributed by atoms with Crippen LogP contribution in [0, 0.1) is 50.7 Å². The molecule has 0 bridgehead atoms. The Labute approximate surface area is 206 Å². The van der Waals surface area contributed by atoms with Crippen LogP contribution >= 0.6 is 0 Å². The summed E-state index contributed by atoms with van der Waals surface area (Å²) in [5.74, 6) is 0.778. The molecule has 0 aromatic carbocycles. The molecule has 5 aliphatic carbocycles. The number of rotatable bonds is 1. The predicted molar refractivity (Wildman–Crippen MR) is 134 cm³/mol. The number of carboxylic acids is 1. The van der Waals surface area contributed by atoms with Crippen LogP contribution in [0.15, 0.2) is 11.6 Å². The highest BCUT2D eigenvalue weighted by atomic mass is 16.4. The number of aliphatic hydroxyl groups excluding tert-OH is 2. The number of hydrogen-bond donors (Lipinski definition) is 3. The van der Waals surface area contributed by atoms with Gasteiger partial charge in [0.2, 0.25) is 0 Å². The number of hydrogen-bond acceptors (Lipinski definition) is 3. The Bertz CT molecular complexity index is 892. The van der Waals surface area contributed by atoms with Crippen LogP contribution in [-0.2, 0) is 4.79 Å². The van der Waals surface area contributed by atoms with Crippen LogP contribution in [0.5, 0.6) is 0 Å². The smallest absolute Gasteiger partial charge is 0.312 e. The molecular weight excluding hydrogens is 424 g/mol. The zero-order valence-corrected chi connectivity index (χ0v) is 22.4. The van der Waals surface area contributed by atoms with Crippen LogP contribution in [-0.4, -0.2) is 33.5 Å². The second-order valence-corrected chi connectivity index (χ2v) is 14.7. The van der Waals surface area contributed by atoms with Crippen LogP contribution in [0.3, 0.4) is 0 Å². The molecule has 0 spiro atoms. The van der Waals surface area contributed by atoms with E-state index in [-0.39, 0.29) is 33.7 Å². The van der Waals surface area contributed by atoms with Crippen molar-refractivity contribution in [2.75, 3.05) is 0 Å². The maximum atomic E-state index is 12.5. The first-order chi connectivity index (χ1) is 15.7. The van der Waals surface area contributed by atoms with Crippen LogP contribution in [0.1, 0.15) is 106 Å². The number of carboxylic acid groups (broad SMARTS) is 1. The Hall–Kier alpha value is -0.870. The topological polar surface area (TPSA) is 77.8 Å². The normalized spacial score (nSPS) is 54.4. The molecule has 3 N–H and O–H groups in total. The van der Waals surface area contributed by atoms with E-state index in [1.54, 1.807) is 5.57 Å². The average molecular weight is 473 g/mol. The minimum absolute atomic E-state index is 0.0283. The lowest BCUT2D eigenvalue weighted by Gasteiger charge is -2.63. The molecule has 0 radical (unpaired) electrons. The van der Waals surface area contributed by atoms with Crippen molar-refractivity contribution in [2.45, 2.75) is 118 Å². The summed E-state index contributed by atoms with van der Waals surface area (Å²) in [6.45, 7) is 13.8. The molecule has 4 saturated carbocycles. The first-order valence-electron chi connectivity index (χ1n) is 14.0. The molecule has 0 heterocycles. The van der Waals surface area contributed by atoms with E-state index in [2.05, 4.69) is 40.7 Å². The number of aliphatic carboxylic acids is 1. The second kappa shape index (κ2) is 7.57. The SMILES string of the molecule is CC1(C)[C@H](O)CC[C@]2(C)[C@H]3CC[C@H]4[C@@](C)(CC[C@@H]5[C@]4(C)CC[C@H](O)[C@]5(C)C(=O)O)CC3=CC[C@@H]12. The lowest BCUT2D eigenvalue weighted by atomic mass is 9.41. The third kappa shape index (κ3) is 3.06. The number of allylic oxidation sites excluding steroid dienone is 2. The highest BCUT2D eigenvalue weighted by Gasteiger charge is 2.65. The van der Waals surface area contributed by atoms with E-state index < -0.39 is 17.5 Å². The lowest BCUT2D eigenvalue weighted by Crippen LogP contribution is -2.61. The molecule has 0 unspecified atom stereocenters. The summed E-state index contributed by atoms with van der Waals surface area (Å²) in [4.78, 5) is 12.5. The summed E-state index contributed by atoms with van der Waals surface area (Å²) in [5, 5.41) is 32.0. The van der Waals surface area contributed by atoms with Gasteiger partial charge in [0.15, 0.2) is 0 Å². The standard InChI is InChI=1S/C30H48O4/c1-26(2)20-9-7-18-17-27(3)14-11-22-29(5,16-13-24(32)30(22,6)25(33)34)21(27)10-8-19(18)28(20,4)15-12-23(26)31/h7,19-24,31-32H,8-17H2,1-6H3,(H,33,34)/t19-,20-,21-,22+,23+,24-,27-,28+,29+,30+/m0/s1. The summed E-state index contributed by atoms with van der Waals surface area (Å²) in [5.41, 5.74) is 0.936. The molecule has 0 aliphatic heterocycles. The Morgan fingerprint density at radius 2 is 1.44 bits per heavy atom. The Kier molecular flexibility index (Phi) is 5.52. The van der Waals surface area contributed by atoms with Crippen molar-refractivity contribution in [3.63, 3.8) is 0 Å². The molecule has 10 atom stereocenters. The molecular formula is C30H48O4. The van der Waals surface area contributed by atoms with Crippen LogP contribution in [0.25, 0.3) is 0 Å². The minimum Gasteiger partial charge on any atom is -0.481 e. The van der Waals surface area contributed by atoms with Crippen molar-refractivity contribution < 1.29 is 20.1 Å². The van der Waals surface area contributed by atoms with E-state index in [4.69, 9.17) is 0 Å². The van der Waals surface area contributed by atoms with Gasteiger partial charge in [-0.1, -0.05) is 46.3 Å². The van der Waals surface area contributed by atoms with Gasteiger partial charge in [-0.15, -0.1) is 0 Å². The largest absolute Gasteiger partial charge is 0.481 e. The van der Waals surface area contributed by atoms with Crippen molar-refractivity contribution in [1.29, 1.82) is 0 Å². The molecule has 5 aliphatic rings. The van der Waals surface area contributed by atoms with Gasteiger partial charge in [0.05, 0.1) is 17.6 Å². The van der Waals surface area contributed by atoms with Crippen molar-refractivity contribution in [1.82, 2.24) is 0 Å². The van der Waals surface area contributed by atoms with Crippen LogP contribution < -0.4 is 0 Å². The average Bonchev–Trinajstić information content (AvgIpc) is 2.91. The van der Waals surface area contributed by atoms with Crippen molar-refractivity contribution in [2.24, 2.45) is 50.7 Å². The van der Waals surface area contributed by atoms with E-state index in [0.717, 1.165) is 51.4 Å². The lowest BCUT2D eigenvalue weighted by molar-refractivity contribution is -0.199. The summed E-state index contributed by atoms with van der Waals surface area (Å²) in [6.07, 6.45) is 11.7. The fourth-order valence-corrected chi connectivity index (χ4v) is 10.9. The molecule has 4 heteroatoms. The first-order valence-corrected chi connectivity index (χ1v) is 14.0. The van der Waals surface area contributed by atoms with Gasteiger partial charge in [-0.05, 0) is 116 Å². The van der Waals surface area contributed by atoms with Gasteiger partial charge in [-0.25, -0.2) is 0 Å². The molecule has 34 heavy (non-hydrogen) atoms. The maximum Gasteiger partial charge on any atom is 0.312 e. The monoisotopic (exact) mass is 472 g/mol. The Balaban J connectivity index is 1.51. The van der Waals surface area contributed by atoms with E-state index >= 15 is 0 Å². The van der Waals surface area contributed by atoms with E-state index in [1.165, 1.54) is 6.42 Å². The molecule has 0 amide bonds. The summed E-state index contributed by atoms with van der Waals surface area (Å²) in [7, 11) is 0. The van der Waals surface area contributed by atoms with E-state index in [9.17, 15) is 20.1 Å². The molecule has 5 rings (SSSR count). The van der Waals surface area contributed by atoms with Gasteiger partial charge < -0.3 is 15.3 Å². The summed E-state index contributed by atoms with van der Waals surface area (Å²) in [6, 6.07) is 0. The van der Waals surface area contributed by atoms with Gasteiger partial charge in [0, 0.05) is 0 Å². The van der Waals surface area contributed by atoms with Crippen molar-refractivity contribution in [3.8, 4) is 0 Å². The first kappa shape index (κ1) is 24.8. The van der Waals surface area contributed by atoms with Gasteiger partial charge >= 0.3 is 5.97 Å². The fraction of sp³-hybridized carbons (Fsp3) is 0.900. The Morgan fingerprint density at radius 1 is 0.794 bits per heavy atom. The van der Waals surface area contributed by atoms with E-state index in [1.807, 2.05) is 6.92 Å². The van der Waals surface area contributed by atoms with Gasteiger partial charge in [0.1, 0.15) is 0 Å². The quantitative estimate of drug-likeness (QED) is 0.397. The summed E-state index contributed by atoms with van der Waals surface area (Å²) >= 11 is 0.